The Labute approximate surface area is 168 Å². The van der Waals surface area contributed by atoms with Gasteiger partial charge in [-0.15, -0.1) is 0 Å². The third-order valence-electron chi connectivity index (χ3n) is 7.12. The summed E-state index contributed by atoms with van der Waals surface area (Å²) in [7, 11) is -3.14. The lowest BCUT2D eigenvalue weighted by molar-refractivity contribution is -0.00519. The molecule has 0 saturated heterocycles. The summed E-state index contributed by atoms with van der Waals surface area (Å²) in [4.78, 5) is 0. The Morgan fingerprint density at radius 3 is 1.37 bits per heavy atom. The first-order valence-electron chi connectivity index (χ1n) is 11.5. The third kappa shape index (κ3) is 6.06. The van der Waals surface area contributed by atoms with Crippen molar-refractivity contribution < 1.29 is 13.6 Å². The fraction of sp³-hybridized carbons (Fsp3) is 1.00. The van der Waals surface area contributed by atoms with Crippen molar-refractivity contribution in [1.29, 1.82) is 0 Å². The van der Waals surface area contributed by atoms with E-state index in [2.05, 4.69) is 41.5 Å². The van der Waals surface area contributed by atoms with E-state index in [1.165, 1.54) is 25.7 Å². The molecule has 2 aliphatic rings. The maximum absolute atomic E-state index is 14.0. The average Bonchev–Trinajstić information content (AvgIpc) is 2.54. The molecule has 6 atom stereocenters. The Morgan fingerprint density at radius 1 is 0.704 bits per heavy atom. The van der Waals surface area contributed by atoms with Crippen molar-refractivity contribution in [3.05, 3.63) is 0 Å². The Balaban J connectivity index is 2.18. The fourth-order valence-electron chi connectivity index (χ4n) is 5.12. The van der Waals surface area contributed by atoms with Crippen molar-refractivity contribution in [3.8, 4) is 0 Å². The summed E-state index contributed by atoms with van der Waals surface area (Å²) in [5.74, 6) is 3.38. The Hall–Kier alpha value is 0.150. The average molecular weight is 401 g/mol. The van der Waals surface area contributed by atoms with Crippen LogP contribution < -0.4 is 0 Å². The molecule has 0 spiro atoms. The Morgan fingerprint density at radius 2 is 1.07 bits per heavy atom. The molecule has 3 nitrogen and oxygen atoms in total. The van der Waals surface area contributed by atoms with E-state index in [1.54, 1.807) is 0 Å². The lowest BCUT2D eigenvalue weighted by Crippen LogP contribution is -2.37. The molecule has 2 aliphatic carbocycles. The monoisotopic (exact) mass is 400 g/mol. The predicted octanol–water partition coefficient (Wildman–Crippen LogP) is 7.54. The molecule has 0 aromatic rings. The zero-order valence-corrected chi connectivity index (χ0v) is 20.0. The van der Waals surface area contributed by atoms with Crippen LogP contribution in [0.3, 0.4) is 0 Å². The Bertz CT molecular complexity index is 464. The van der Waals surface area contributed by atoms with Gasteiger partial charge in [0.25, 0.3) is 0 Å². The smallest absolute Gasteiger partial charge is 0.305 e. The summed E-state index contributed by atoms with van der Waals surface area (Å²) in [6, 6.07) is 0. The molecule has 2 rings (SSSR count). The second-order valence-electron chi connectivity index (χ2n) is 10.6. The molecule has 0 aromatic heterocycles. The van der Waals surface area contributed by atoms with Crippen LogP contribution in [0, 0.1) is 35.5 Å². The first-order chi connectivity index (χ1) is 12.5. The summed E-state index contributed by atoms with van der Waals surface area (Å²) in [6.07, 6.45) is 7.03. The van der Waals surface area contributed by atoms with E-state index in [9.17, 15) is 4.57 Å². The van der Waals surface area contributed by atoms with Gasteiger partial charge in [-0.05, 0) is 61.2 Å². The van der Waals surface area contributed by atoms with Gasteiger partial charge >= 0.3 is 7.60 Å². The van der Waals surface area contributed by atoms with E-state index < -0.39 is 7.60 Å². The summed E-state index contributed by atoms with van der Waals surface area (Å²) in [5.41, 5.74) is -0.0902. The van der Waals surface area contributed by atoms with E-state index in [0.29, 0.717) is 35.5 Å². The number of rotatable bonds is 7. The van der Waals surface area contributed by atoms with E-state index >= 15 is 0 Å². The minimum Gasteiger partial charge on any atom is -0.305 e. The third-order valence-corrected chi connectivity index (χ3v) is 9.51. The highest BCUT2D eigenvalue weighted by molar-refractivity contribution is 7.54. The highest BCUT2D eigenvalue weighted by atomic mass is 31.2. The van der Waals surface area contributed by atoms with Crippen LogP contribution in [-0.4, -0.2) is 17.9 Å². The maximum Gasteiger partial charge on any atom is 0.333 e. The van der Waals surface area contributed by atoms with E-state index in [1.807, 2.05) is 13.8 Å². The molecule has 2 saturated carbocycles. The van der Waals surface area contributed by atoms with Crippen molar-refractivity contribution in [2.24, 2.45) is 35.5 Å². The van der Waals surface area contributed by atoms with E-state index in [0.717, 1.165) is 12.8 Å². The van der Waals surface area contributed by atoms with Gasteiger partial charge in [0, 0.05) is 0 Å². The molecule has 0 unspecified atom stereocenters. The molecule has 0 bridgehead atoms. The van der Waals surface area contributed by atoms with Gasteiger partial charge in [-0.1, -0.05) is 68.2 Å². The summed E-state index contributed by atoms with van der Waals surface area (Å²) in [6.45, 7) is 17.7. The second kappa shape index (κ2) is 9.77. The van der Waals surface area contributed by atoms with Crippen molar-refractivity contribution in [3.63, 3.8) is 0 Å². The first kappa shape index (κ1) is 23.4. The molecule has 160 valence electrons. The molecule has 0 N–H and O–H groups in total. The van der Waals surface area contributed by atoms with Gasteiger partial charge in [-0.3, -0.25) is 4.57 Å². The topological polar surface area (TPSA) is 35.5 Å². The van der Waals surface area contributed by atoms with Crippen LogP contribution in [0.2, 0.25) is 0 Å². The largest absolute Gasteiger partial charge is 0.333 e. The fourth-order valence-corrected chi connectivity index (χ4v) is 6.89. The van der Waals surface area contributed by atoms with Crippen LogP contribution in [0.5, 0.6) is 0 Å². The second-order valence-corrected chi connectivity index (χ2v) is 13.1. The molecule has 0 aromatic carbocycles. The van der Waals surface area contributed by atoms with Gasteiger partial charge < -0.3 is 9.05 Å². The van der Waals surface area contributed by atoms with Crippen LogP contribution in [-0.2, 0) is 13.6 Å². The lowest BCUT2D eigenvalue weighted by Gasteiger charge is -2.42. The Kier molecular flexibility index (Phi) is 8.48. The standard InChI is InChI=1S/C23H45O3P/c1-15(2)20-11-9-18(7)13-22(20)25-27(24,17(5)6)26-23-14-19(8)10-12-21(23)16(3)4/h15-23H,9-14H2,1-8H3/t18-,19-,20+,21+,22-,23-/m1/s1. The van der Waals surface area contributed by atoms with Gasteiger partial charge in [0.15, 0.2) is 0 Å². The molecular formula is C23H45O3P. The number of hydrogen-bond acceptors (Lipinski definition) is 3. The molecule has 27 heavy (non-hydrogen) atoms. The maximum atomic E-state index is 14.0. The van der Waals surface area contributed by atoms with Gasteiger partial charge in [0.05, 0.1) is 17.9 Å². The predicted molar refractivity (Wildman–Crippen MR) is 115 cm³/mol. The van der Waals surface area contributed by atoms with Crippen LogP contribution >= 0.6 is 7.60 Å². The van der Waals surface area contributed by atoms with Gasteiger partial charge in [0.2, 0.25) is 0 Å². The van der Waals surface area contributed by atoms with Gasteiger partial charge in [-0.25, -0.2) is 0 Å². The molecule has 0 heterocycles. The molecule has 2 fully saturated rings. The van der Waals surface area contributed by atoms with Crippen molar-refractivity contribution in [2.45, 2.75) is 112 Å². The highest BCUT2D eigenvalue weighted by Gasteiger charge is 2.43. The van der Waals surface area contributed by atoms with E-state index in [-0.39, 0.29) is 17.9 Å². The molecule has 0 amide bonds. The zero-order valence-electron chi connectivity index (χ0n) is 19.1. The minimum absolute atomic E-state index is 0.0699. The van der Waals surface area contributed by atoms with Crippen LogP contribution in [0.4, 0.5) is 0 Å². The van der Waals surface area contributed by atoms with Crippen molar-refractivity contribution >= 4 is 7.60 Å². The zero-order chi connectivity index (χ0) is 20.4. The van der Waals surface area contributed by atoms with Crippen molar-refractivity contribution in [1.82, 2.24) is 0 Å². The summed E-state index contributed by atoms with van der Waals surface area (Å²) < 4.78 is 26.9. The molecule has 0 aliphatic heterocycles. The molecule has 0 radical (unpaired) electrons. The first-order valence-corrected chi connectivity index (χ1v) is 13.1. The SMILES string of the molecule is CC(C)[C@@H]1CC[C@@H](C)C[C@H]1OP(=O)(O[C@@H]1C[C@H](C)CC[C@H]1C(C)C)C(C)C. The number of hydrogen-bond donors (Lipinski definition) is 0. The lowest BCUT2D eigenvalue weighted by atomic mass is 9.75. The molecular weight excluding hydrogens is 355 g/mol. The van der Waals surface area contributed by atoms with Crippen molar-refractivity contribution in [2.75, 3.05) is 0 Å². The quantitative estimate of drug-likeness (QED) is 0.414. The summed E-state index contributed by atoms with van der Waals surface area (Å²) in [5, 5.41) is 0. The van der Waals surface area contributed by atoms with Crippen LogP contribution in [0.15, 0.2) is 0 Å². The van der Waals surface area contributed by atoms with Crippen LogP contribution in [0.1, 0.15) is 93.9 Å². The molecule has 4 heteroatoms. The van der Waals surface area contributed by atoms with Gasteiger partial charge in [0.1, 0.15) is 0 Å². The van der Waals surface area contributed by atoms with E-state index in [4.69, 9.17) is 9.05 Å². The highest BCUT2D eigenvalue weighted by Crippen LogP contribution is 2.59. The minimum atomic E-state index is -3.14. The van der Waals surface area contributed by atoms with Crippen LogP contribution in [0.25, 0.3) is 0 Å². The normalized spacial score (nSPS) is 36.0. The van der Waals surface area contributed by atoms with Gasteiger partial charge in [-0.2, -0.15) is 0 Å². The summed E-state index contributed by atoms with van der Waals surface area (Å²) >= 11 is 0.